The number of hydrogen-bond acceptors (Lipinski definition) is 2. The van der Waals surface area contributed by atoms with Gasteiger partial charge in [-0.1, -0.05) is 29.8 Å². The summed E-state index contributed by atoms with van der Waals surface area (Å²) in [5, 5.41) is 7.16. The third-order valence-electron chi connectivity index (χ3n) is 3.50. The highest BCUT2D eigenvalue weighted by atomic mass is 35.5. The van der Waals surface area contributed by atoms with E-state index in [1.54, 1.807) is 10.9 Å². The molecular formula is C18H15ClFN3O. The third kappa shape index (κ3) is 4.00. The Morgan fingerprint density at radius 1 is 1.21 bits per heavy atom. The van der Waals surface area contributed by atoms with Crippen LogP contribution in [0.5, 0.6) is 0 Å². The number of hydrogen-bond donors (Lipinski definition) is 1. The average molecular weight is 344 g/mol. The fourth-order valence-electron chi connectivity index (χ4n) is 2.27. The Bertz CT molecular complexity index is 848. The monoisotopic (exact) mass is 343 g/mol. The molecule has 1 N–H and O–H groups in total. The van der Waals surface area contributed by atoms with Crippen LogP contribution in [0.3, 0.4) is 0 Å². The Balaban J connectivity index is 1.58. The highest BCUT2D eigenvalue weighted by Crippen LogP contribution is 2.22. The molecule has 0 atom stereocenters. The molecule has 0 unspecified atom stereocenters. The predicted octanol–water partition coefficient (Wildman–Crippen LogP) is 4.24. The van der Waals surface area contributed by atoms with E-state index in [2.05, 4.69) is 10.4 Å². The Hall–Kier alpha value is -2.66. The number of nitrogens with zero attached hydrogens (tertiary/aromatic N) is 2. The summed E-state index contributed by atoms with van der Waals surface area (Å²) in [6.07, 6.45) is 4.48. The number of anilines is 1. The summed E-state index contributed by atoms with van der Waals surface area (Å²) >= 11 is 5.89. The second-order valence-corrected chi connectivity index (χ2v) is 5.71. The molecule has 1 aromatic heterocycles. The molecule has 0 saturated carbocycles. The Morgan fingerprint density at radius 2 is 2.00 bits per heavy atom. The number of para-hydroxylation sites is 1. The molecule has 0 aliphatic rings. The first-order valence-electron chi connectivity index (χ1n) is 7.46. The van der Waals surface area contributed by atoms with Gasteiger partial charge in [0.25, 0.3) is 0 Å². The van der Waals surface area contributed by atoms with Crippen molar-refractivity contribution in [1.82, 2.24) is 9.78 Å². The molecule has 1 heterocycles. The van der Waals surface area contributed by atoms with Crippen LogP contribution in [0, 0.1) is 5.82 Å². The van der Waals surface area contributed by atoms with Gasteiger partial charge in [0.2, 0.25) is 5.91 Å². The lowest BCUT2D eigenvalue weighted by Gasteiger charge is -2.06. The van der Waals surface area contributed by atoms with Gasteiger partial charge in [0.05, 0.1) is 22.6 Å². The van der Waals surface area contributed by atoms with E-state index in [1.165, 1.54) is 18.2 Å². The molecule has 0 saturated heterocycles. The maximum Gasteiger partial charge on any atom is 0.224 e. The first-order chi connectivity index (χ1) is 11.6. The fraction of sp³-hybridized carbons (Fsp3) is 0.111. The van der Waals surface area contributed by atoms with Crippen LogP contribution in [-0.4, -0.2) is 15.7 Å². The van der Waals surface area contributed by atoms with Crippen LogP contribution in [0.2, 0.25) is 5.02 Å². The fourth-order valence-corrected chi connectivity index (χ4v) is 2.49. The Labute approximate surface area is 143 Å². The number of carbonyl (C=O) groups is 1. The van der Waals surface area contributed by atoms with Crippen LogP contribution in [0.1, 0.15) is 12.0 Å². The second-order valence-electron chi connectivity index (χ2n) is 5.30. The molecule has 0 spiro atoms. The zero-order valence-electron chi connectivity index (χ0n) is 12.7. The van der Waals surface area contributed by atoms with Crippen LogP contribution in [0.4, 0.5) is 10.1 Å². The van der Waals surface area contributed by atoms with Gasteiger partial charge in [-0.05, 0) is 42.3 Å². The Morgan fingerprint density at radius 3 is 2.75 bits per heavy atom. The largest absolute Gasteiger partial charge is 0.325 e. The summed E-state index contributed by atoms with van der Waals surface area (Å²) in [7, 11) is 0. The molecule has 3 rings (SSSR count). The topological polar surface area (TPSA) is 46.9 Å². The highest BCUT2D eigenvalue weighted by Gasteiger charge is 2.08. The van der Waals surface area contributed by atoms with E-state index in [0.717, 1.165) is 11.3 Å². The maximum atomic E-state index is 13.0. The lowest BCUT2D eigenvalue weighted by molar-refractivity contribution is -0.116. The van der Waals surface area contributed by atoms with Crippen molar-refractivity contribution in [2.45, 2.75) is 12.8 Å². The maximum absolute atomic E-state index is 13.0. The number of nitrogens with one attached hydrogen (secondary N) is 1. The van der Waals surface area contributed by atoms with Crippen molar-refractivity contribution in [2.24, 2.45) is 0 Å². The van der Waals surface area contributed by atoms with Crippen molar-refractivity contribution in [3.05, 3.63) is 77.3 Å². The Kier molecular flexibility index (Phi) is 4.91. The second kappa shape index (κ2) is 7.27. The number of halogens is 2. The van der Waals surface area contributed by atoms with Crippen molar-refractivity contribution in [2.75, 3.05) is 5.32 Å². The molecule has 4 nitrogen and oxygen atoms in total. The molecule has 6 heteroatoms. The summed E-state index contributed by atoms with van der Waals surface area (Å²) in [5.41, 5.74) is 2.33. The van der Waals surface area contributed by atoms with Gasteiger partial charge in [-0.2, -0.15) is 5.10 Å². The summed E-state index contributed by atoms with van der Waals surface area (Å²) < 4.78 is 14.8. The number of rotatable bonds is 5. The molecular weight excluding hydrogens is 329 g/mol. The summed E-state index contributed by atoms with van der Waals surface area (Å²) in [5.74, 6) is -0.623. The molecule has 3 aromatic rings. The molecule has 0 aliphatic heterocycles. The van der Waals surface area contributed by atoms with E-state index >= 15 is 0 Å². The SMILES string of the molecule is O=C(CCc1cnn(-c2ccccc2)c1)Nc1ccc(F)cc1Cl. The quantitative estimate of drug-likeness (QED) is 0.753. The van der Waals surface area contributed by atoms with Crippen molar-refractivity contribution in [3.63, 3.8) is 0 Å². The zero-order valence-corrected chi connectivity index (χ0v) is 13.5. The van der Waals surface area contributed by atoms with Gasteiger partial charge < -0.3 is 5.32 Å². The molecule has 0 fully saturated rings. The van der Waals surface area contributed by atoms with Crippen molar-refractivity contribution < 1.29 is 9.18 Å². The van der Waals surface area contributed by atoms with Gasteiger partial charge in [0.1, 0.15) is 5.82 Å². The molecule has 2 aromatic carbocycles. The van der Waals surface area contributed by atoms with Crippen LogP contribution in [-0.2, 0) is 11.2 Å². The van der Waals surface area contributed by atoms with Crippen molar-refractivity contribution in [3.8, 4) is 5.69 Å². The van der Waals surface area contributed by atoms with Crippen LogP contribution in [0.25, 0.3) is 5.69 Å². The van der Waals surface area contributed by atoms with Crippen molar-refractivity contribution in [1.29, 1.82) is 0 Å². The van der Waals surface area contributed by atoms with E-state index in [4.69, 9.17) is 11.6 Å². The smallest absolute Gasteiger partial charge is 0.224 e. The number of carbonyl (C=O) groups excluding carboxylic acids is 1. The standard InChI is InChI=1S/C18H15ClFN3O/c19-16-10-14(20)7-8-17(16)22-18(24)9-6-13-11-21-23(12-13)15-4-2-1-3-5-15/h1-5,7-8,10-12H,6,9H2,(H,22,24). The summed E-state index contributed by atoms with van der Waals surface area (Å²) in [6, 6.07) is 13.6. The number of amides is 1. The molecule has 0 bridgehead atoms. The summed E-state index contributed by atoms with van der Waals surface area (Å²) in [6.45, 7) is 0. The highest BCUT2D eigenvalue weighted by molar-refractivity contribution is 6.33. The first kappa shape index (κ1) is 16.2. The molecule has 122 valence electrons. The zero-order chi connectivity index (χ0) is 16.9. The number of aryl methyl sites for hydroxylation is 1. The normalized spacial score (nSPS) is 10.6. The van der Waals surface area contributed by atoms with E-state index in [0.29, 0.717) is 12.1 Å². The summed E-state index contributed by atoms with van der Waals surface area (Å²) in [4.78, 5) is 12.0. The average Bonchev–Trinajstić information content (AvgIpc) is 3.05. The van der Waals surface area contributed by atoms with Gasteiger partial charge in [0, 0.05) is 12.6 Å². The van der Waals surface area contributed by atoms with Gasteiger partial charge in [-0.15, -0.1) is 0 Å². The van der Waals surface area contributed by atoms with Crippen LogP contribution < -0.4 is 5.32 Å². The van der Waals surface area contributed by atoms with E-state index in [-0.39, 0.29) is 17.4 Å². The van der Waals surface area contributed by atoms with Gasteiger partial charge in [-0.25, -0.2) is 9.07 Å². The lowest BCUT2D eigenvalue weighted by atomic mass is 10.2. The van der Waals surface area contributed by atoms with E-state index in [1.807, 2.05) is 36.5 Å². The minimum Gasteiger partial charge on any atom is -0.325 e. The van der Waals surface area contributed by atoms with Crippen LogP contribution >= 0.6 is 11.6 Å². The van der Waals surface area contributed by atoms with Gasteiger partial charge in [0.15, 0.2) is 0 Å². The lowest BCUT2D eigenvalue weighted by Crippen LogP contribution is -2.12. The van der Waals surface area contributed by atoms with Gasteiger partial charge >= 0.3 is 0 Å². The van der Waals surface area contributed by atoms with Gasteiger partial charge in [-0.3, -0.25) is 4.79 Å². The van der Waals surface area contributed by atoms with Crippen molar-refractivity contribution >= 4 is 23.2 Å². The van der Waals surface area contributed by atoms with E-state index in [9.17, 15) is 9.18 Å². The molecule has 0 aliphatic carbocycles. The number of aromatic nitrogens is 2. The molecule has 0 radical (unpaired) electrons. The predicted molar refractivity (Wildman–Crippen MR) is 91.9 cm³/mol. The third-order valence-corrected chi connectivity index (χ3v) is 3.82. The minimum absolute atomic E-state index is 0.181. The molecule has 24 heavy (non-hydrogen) atoms. The first-order valence-corrected chi connectivity index (χ1v) is 7.83. The number of benzene rings is 2. The minimum atomic E-state index is -0.439. The van der Waals surface area contributed by atoms with E-state index < -0.39 is 5.82 Å². The van der Waals surface area contributed by atoms with Crippen LogP contribution in [0.15, 0.2) is 60.9 Å². The molecule has 1 amide bonds.